The smallest absolute Gasteiger partial charge is 0.314 e. The van der Waals surface area contributed by atoms with Gasteiger partial charge in [-0.2, -0.15) is 0 Å². The number of aryl methyl sites for hydroxylation is 1. The van der Waals surface area contributed by atoms with Gasteiger partial charge in [-0.15, -0.1) is 0 Å². The molecule has 1 saturated heterocycles. The van der Waals surface area contributed by atoms with Crippen molar-refractivity contribution in [2.24, 2.45) is 5.92 Å². The molecule has 1 aliphatic rings. The van der Waals surface area contributed by atoms with Crippen molar-refractivity contribution in [3.63, 3.8) is 0 Å². The highest BCUT2D eigenvalue weighted by atomic mass is 35.5. The molecule has 2 aromatic carbocycles. The normalized spacial score (nSPS) is 18.9. The third-order valence-corrected chi connectivity index (χ3v) is 5.53. The summed E-state index contributed by atoms with van der Waals surface area (Å²) in [6, 6.07) is 18.7. The Bertz CT molecular complexity index is 822. The fourth-order valence-corrected chi connectivity index (χ4v) is 3.96. The van der Waals surface area contributed by atoms with E-state index in [-0.39, 0.29) is 24.3 Å². The Morgan fingerprint density at radius 3 is 2.60 bits per heavy atom. The summed E-state index contributed by atoms with van der Waals surface area (Å²) < 4.78 is 11.2. The summed E-state index contributed by atoms with van der Waals surface area (Å²) in [6.45, 7) is 7.90. The molecule has 2 atom stereocenters. The first-order chi connectivity index (χ1) is 14.2. The van der Waals surface area contributed by atoms with Gasteiger partial charge in [0.15, 0.2) is 0 Å². The van der Waals surface area contributed by atoms with Gasteiger partial charge in [0.2, 0.25) is 0 Å². The lowest BCUT2D eigenvalue weighted by atomic mass is 9.95. The number of esters is 1. The SMILES string of the molecule is CCOC(=O)[C@@H]1CCC[NH+](CCO/C=C(\c2ccccc2)c2ccccc2C)C1.[Cl-]. The molecule has 162 valence electrons. The minimum Gasteiger partial charge on any atom is -1.00 e. The van der Waals surface area contributed by atoms with Crippen LogP contribution >= 0.6 is 0 Å². The van der Waals surface area contributed by atoms with Crippen molar-refractivity contribution in [3.05, 3.63) is 77.5 Å². The van der Waals surface area contributed by atoms with Crippen molar-refractivity contribution in [2.75, 3.05) is 32.8 Å². The minimum atomic E-state index is -0.0450. The number of piperidine rings is 1. The first-order valence-corrected chi connectivity index (χ1v) is 10.6. The molecule has 1 heterocycles. The maximum atomic E-state index is 12.0. The van der Waals surface area contributed by atoms with Crippen molar-refractivity contribution < 1.29 is 31.6 Å². The number of quaternary nitrogens is 1. The van der Waals surface area contributed by atoms with Gasteiger partial charge in [0, 0.05) is 5.57 Å². The van der Waals surface area contributed by atoms with Crippen LogP contribution in [0.15, 0.2) is 60.9 Å². The van der Waals surface area contributed by atoms with Crippen LogP contribution in [0, 0.1) is 12.8 Å². The van der Waals surface area contributed by atoms with Crippen LogP contribution in [-0.4, -0.2) is 38.8 Å². The summed E-state index contributed by atoms with van der Waals surface area (Å²) in [4.78, 5) is 13.4. The Hall–Kier alpha value is -2.30. The zero-order valence-electron chi connectivity index (χ0n) is 17.9. The van der Waals surface area contributed by atoms with Gasteiger partial charge in [0.1, 0.15) is 19.1 Å². The van der Waals surface area contributed by atoms with Crippen LogP contribution in [-0.2, 0) is 14.3 Å². The van der Waals surface area contributed by atoms with E-state index in [4.69, 9.17) is 9.47 Å². The number of hydrogen-bond donors (Lipinski definition) is 1. The zero-order valence-corrected chi connectivity index (χ0v) is 18.7. The quantitative estimate of drug-likeness (QED) is 0.372. The molecule has 0 saturated carbocycles. The summed E-state index contributed by atoms with van der Waals surface area (Å²) in [5, 5.41) is 0. The monoisotopic (exact) mass is 429 g/mol. The molecule has 0 spiro atoms. The fourth-order valence-electron chi connectivity index (χ4n) is 3.96. The zero-order chi connectivity index (χ0) is 20.5. The second kappa shape index (κ2) is 12.4. The number of carbonyl (C=O) groups excluding carboxylic acids is 1. The maximum Gasteiger partial charge on any atom is 0.314 e. The summed E-state index contributed by atoms with van der Waals surface area (Å²) in [5.41, 5.74) is 4.66. The van der Waals surface area contributed by atoms with E-state index >= 15 is 0 Å². The number of nitrogens with one attached hydrogen (secondary N) is 1. The molecular weight excluding hydrogens is 398 g/mol. The topological polar surface area (TPSA) is 40.0 Å². The first-order valence-electron chi connectivity index (χ1n) is 10.6. The van der Waals surface area contributed by atoms with E-state index in [0.717, 1.165) is 43.6 Å². The van der Waals surface area contributed by atoms with Gasteiger partial charge in [0.25, 0.3) is 0 Å². The van der Waals surface area contributed by atoms with Gasteiger partial charge in [0.05, 0.1) is 26.0 Å². The molecule has 0 aromatic heterocycles. The molecule has 1 N–H and O–H groups in total. The van der Waals surface area contributed by atoms with E-state index in [0.29, 0.717) is 13.2 Å². The molecule has 0 radical (unpaired) electrons. The summed E-state index contributed by atoms with van der Waals surface area (Å²) in [6.07, 6.45) is 3.89. The summed E-state index contributed by atoms with van der Waals surface area (Å²) >= 11 is 0. The lowest BCUT2D eigenvalue weighted by molar-refractivity contribution is -0.907. The van der Waals surface area contributed by atoms with E-state index in [1.807, 2.05) is 19.3 Å². The highest BCUT2D eigenvalue weighted by Crippen LogP contribution is 2.26. The van der Waals surface area contributed by atoms with E-state index < -0.39 is 0 Å². The second-order valence-electron chi connectivity index (χ2n) is 7.63. The van der Waals surface area contributed by atoms with E-state index in [2.05, 4.69) is 55.5 Å². The molecular formula is C25H32ClNO3. The molecule has 0 bridgehead atoms. The Kier molecular flexibility index (Phi) is 9.92. The van der Waals surface area contributed by atoms with Gasteiger partial charge in [-0.1, -0.05) is 54.6 Å². The number of halogens is 1. The lowest BCUT2D eigenvalue weighted by Gasteiger charge is -2.28. The molecule has 30 heavy (non-hydrogen) atoms. The molecule has 2 aromatic rings. The number of benzene rings is 2. The largest absolute Gasteiger partial charge is 1.00 e. The van der Waals surface area contributed by atoms with Crippen LogP contribution in [0.4, 0.5) is 0 Å². The van der Waals surface area contributed by atoms with Crippen LogP contribution in [0.2, 0.25) is 0 Å². The Labute approximate surface area is 186 Å². The number of ether oxygens (including phenoxy) is 2. The molecule has 5 heteroatoms. The van der Waals surface area contributed by atoms with Crippen molar-refractivity contribution in [3.8, 4) is 0 Å². The van der Waals surface area contributed by atoms with Crippen molar-refractivity contribution >= 4 is 11.5 Å². The van der Waals surface area contributed by atoms with Crippen molar-refractivity contribution in [1.29, 1.82) is 0 Å². The molecule has 4 nitrogen and oxygen atoms in total. The van der Waals surface area contributed by atoms with E-state index in [1.165, 1.54) is 16.0 Å². The number of carbonyl (C=O) groups is 1. The summed E-state index contributed by atoms with van der Waals surface area (Å²) in [7, 11) is 0. The molecule has 1 fully saturated rings. The second-order valence-corrected chi connectivity index (χ2v) is 7.63. The van der Waals surface area contributed by atoms with Crippen LogP contribution in [0.3, 0.4) is 0 Å². The fraction of sp³-hybridized carbons (Fsp3) is 0.400. The van der Waals surface area contributed by atoms with Crippen LogP contribution in [0.1, 0.15) is 36.5 Å². The average Bonchev–Trinajstić information content (AvgIpc) is 2.76. The Balaban J connectivity index is 0.00000320. The predicted molar refractivity (Wildman–Crippen MR) is 116 cm³/mol. The third kappa shape index (κ3) is 6.61. The number of rotatable bonds is 8. The van der Waals surface area contributed by atoms with Gasteiger partial charge in [-0.05, 0) is 43.4 Å². The number of hydrogen-bond acceptors (Lipinski definition) is 3. The Morgan fingerprint density at radius 2 is 1.87 bits per heavy atom. The van der Waals surface area contributed by atoms with Gasteiger partial charge in [-0.3, -0.25) is 4.79 Å². The molecule has 3 rings (SSSR count). The van der Waals surface area contributed by atoms with Crippen LogP contribution < -0.4 is 17.3 Å². The highest BCUT2D eigenvalue weighted by Gasteiger charge is 2.29. The molecule has 0 amide bonds. The maximum absolute atomic E-state index is 12.0. The highest BCUT2D eigenvalue weighted by molar-refractivity contribution is 5.80. The predicted octanol–water partition coefficient (Wildman–Crippen LogP) is 0.263. The minimum absolute atomic E-state index is 0. The van der Waals surface area contributed by atoms with Crippen molar-refractivity contribution in [1.82, 2.24) is 0 Å². The molecule has 1 aliphatic heterocycles. The van der Waals surface area contributed by atoms with Gasteiger partial charge < -0.3 is 26.8 Å². The van der Waals surface area contributed by atoms with E-state index in [9.17, 15) is 4.79 Å². The third-order valence-electron chi connectivity index (χ3n) is 5.53. The number of likely N-dealkylation sites (tertiary alicyclic amines) is 1. The van der Waals surface area contributed by atoms with Crippen LogP contribution in [0.25, 0.3) is 5.57 Å². The van der Waals surface area contributed by atoms with Crippen molar-refractivity contribution in [2.45, 2.75) is 26.7 Å². The standard InChI is InChI=1S/C25H31NO3.ClH/c1-3-29-25(27)22-13-9-15-26(18-22)16-17-28-19-24(21-11-5-4-6-12-21)23-14-8-7-10-20(23)2;/h4-8,10-12,14,19,22H,3,9,13,15-18H2,1-2H3;1H/b24-19+;/t22-;/m1./s1. The molecule has 1 unspecified atom stereocenters. The van der Waals surface area contributed by atoms with Gasteiger partial charge in [-0.25, -0.2) is 0 Å². The van der Waals surface area contributed by atoms with E-state index in [1.54, 1.807) is 0 Å². The summed E-state index contributed by atoms with van der Waals surface area (Å²) in [5.74, 6) is -0.0162. The first kappa shape index (κ1) is 24.0. The lowest BCUT2D eigenvalue weighted by Crippen LogP contribution is -3.14. The molecule has 0 aliphatic carbocycles. The Morgan fingerprint density at radius 1 is 1.13 bits per heavy atom. The van der Waals surface area contributed by atoms with Crippen LogP contribution in [0.5, 0.6) is 0 Å². The average molecular weight is 430 g/mol. The van der Waals surface area contributed by atoms with Gasteiger partial charge >= 0.3 is 5.97 Å².